The first-order valence-corrected chi connectivity index (χ1v) is 17.5. The quantitative estimate of drug-likeness (QED) is 0.0770. The molecule has 1 fully saturated rings. The van der Waals surface area contributed by atoms with Crippen LogP contribution in [0, 0.1) is 17.7 Å². The van der Waals surface area contributed by atoms with Crippen molar-refractivity contribution in [3.05, 3.63) is 53.8 Å². The Morgan fingerprint density at radius 3 is 1.88 bits per heavy atom. The van der Waals surface area contributed by atoms with E-state index in [-0.39, 0.29) is 11.3 Å². The van der Waals surface area contributed by atoms with Gasteiger partial charge in [0.2, 0.25) is 0 Å². The number of unbranched alkanes of at least 4 members (excludes halogenated alkanes) is 10. The van der Waals surface area contributed by atoms with Gasteiger partial charge in [0.05, 0.1) is 18.8 Å². The lowest BCUT2D eigenvalue weighted by Crippen LogP contribution is -2.20. The topological polar surface area (TPSA) is 44.8 Å². The zero-order valence-electron chi connectivity index (χ0n) is 27.1. The van der Waals surface area contributed by atoms with E-state index >= 15 is 0 Å². The van der Waals surface area contributed by atoms with Crippen molar-refractivity contribution in [2.75, 3.05) is 13.2 Å². The molecular formula is C38H57FO4. The molecule has 4 nitrogen and oxygen atoms in total. The molecule has 0 saturated heterocycles. The van der Waals surface area contributed by atoms with Gasteiger partial charge in [-0.1, -0.05) is 117 Å². The van der Waals surface area contributed by atoms with E-state index in [4.69, 9.17) is 14.2 Å². The zero-order valence-corrected chi connectivity index (χ0v) is 27.1. The van der Waals surface area contributed by atoms with E-state index in [2.05, 4.69) is 13.8 Å². The summed E-state index contributed by atoms with van der Waals surface area (Å²) < 4.78 is 31.6. The summed E-state index contributed by atoms with van der Waals surface area (Å²) in [6.45, 7) is 5.67. The Morgan fingerprint density at radius 1 is 0.674 bits per heavy atom. The molecule has 240 valence electrons. The predicted molar refractivity (Wildman–Crippen MR) is 175 cm³/mol. The van der Waals surface area contributed by atoms with Crippen molar-refractivity contribution >= 4 is 5.97 Å². The van der Waals surface area contributed by atoms with Crippen molar-refractivity contribution in [3.63, 3.8) is 0 Å². The second kappa shape index (κ2) is 21.2. The Kier molecular flexibility index (Phi) is 17.2. The molecular weight excluding hydrogens is 539 g/mol. The molecule has 1 saturated carbocycles. The molecule has 2 unspecified atom stereocenters. The fourth-order valence-corrected chi connectivity index (χ4v) is 6.35. The molecule has 0 heterocycles. The molecule has 3 rings (SSSR count). The van der Waals surface area contributed by atoms with Crippen LogP contribution in [0.15, 0.2) is 42.5 Å². The second-order valence-electron chi connectivity index (χ2n) is 12.5. The lowest BCUT2D eigenvalue weighted by molar-refractivity contribution is 0.0734. The van der Waals surface area contributed by atoms with E-state index in [1.807, 2.05) is 12.1 Å². The monoisotopic (exact) mass is 596 g/mol. The molecule has 1 aliphatic carbocycles. The average molecular weight is 597 g/mol. The molecule has 0 amide bonds. The van der Waals surface area contributed by atoms with E-state index in [1.54, 1.807) is 18.2 Å². The minimum atomic E-state index is -0.599. The minimum absolute atomic E-state index is 0.156. The second-order valence-corrected chi connectivity index (χ2v) is 12.5. The minimum Gasteiger partial charge on any atom is -0.494 e. The van der Waals surface area contributed by atoms with Gasteiger partial charge in [-0.15, -0.1) is 0 Å². The predicted octanol–water partition coefficient (Wildman–Crippen LogP) is 11.5. The summed E-state index contributed by atoms with van der Waals surface area (Å²) in [6, 6.07) is 11.3. The van der Waals surface area contributed by atoms with Crippen molar-refractivity contribution in [1.82, 2.24) is 0 Å². The van der Waals surface area contributed by atoms with Crippen LogP contribution in [-0.4, -0.2) is 19.2 Å². The largest absolute Gasteiger partial charge is 0.494 e. The Bertz CT molecular complexity index is 1020. The fraction of sp³-hybridized carbons (Fsp3) is 0.658. The van der Waals surface area contributed by atoms with Gasteiger partial charge in [0.25, 0.3) is 0 Å². The molecule has 2 aromatic rings. The van der Waals surface area contributed by atoms with Gasteiger partial charge in [-0.2, -0.15) is 0 Å². The first-order valence-electron chi connectivity index (χ1n) is 17.5. The highest BCUT2D eigenvalue weighted by atomic mass is 19.1. The first kappa shape index (κ1) is 34.9. The third-order valence-corrected chi connectivity index (χ3v) is 8.94. The van der Waals surface area contributed by atoms with Crippen LogP contribution in [0.3, 0.4) is 0 Å². The molecule has 0 N–H and O–H groups in total. The van der Waals surface area contributed by atoms with Gasteiger partial charge in [0.15, 0.2) is 11.6 Å². The number of ether oxygens (including phenoxy) is 3. The Hall–Kier alpha value is -2.56. The number of rotatable bonds is 22. The van der Waals surface area contributed by atoms with Crippen molar-refractivity contribution in [3.8, 4) is 17.2 Å². The Morgan fingerprint density at radius 2 is 1.23 bits per heavy atom. The van der Waals surface area contributed by atoms with E-state index in [0.717, 1.165) is 36.8 Å². The maximum atomic E-state index is 14.6. The maximum Gasteiger partial charge on any atom is 0.343 e. The van der Waals surface area contributed by atoms with Crippen LogP contribution in [-0.2, 0) is 0 Å². The summed E-state index contributed by atoms with van der Waals surface area (Å²) in [6.07, 6.45) is 24.3. The number of halogens is 1. The third-order valence-electron chi connectivity index (χ3n) is 8.94. The number of hydrogen-bond acceptors (Lipinski definition) is 4. The summed E-state index contributed by atoms with van der Waals surface area (Å²) >= 11 is 0. The van der Waals surface area contributed by atoms with Crippen molar-refractivity contribution in [2.45, 2.75) is 136 Å². The van der Waals surface area contributed by atoms with E-state index in [1.165, 1.54) is 115 Å². The number of carbonyl (C=O) groups is 1. The zero-order chi connectivity index (χ0) is 30.5. The molecule has 43 heavy (non-hydrogen) atoms. The molecule has 5 heteroatoms. The smallest absolute Gasteiger partial charge is 0.343 e. The Balaban J connectivity index is 1.33. The van der Waals surface area contributed by atoms with Crippen molar-refractivity contribution in [1.29, 1.82) is 0 Å². The standard InChI is InChI=1S/C38H57FO4/c1-3-5-7-9-10-12-16-28-42-37-27-22-33(30-36(37)39)38(40)43-35-25-23-34(24-26-35)41-29-17-21-32-20-15-14-19-31(32)18-13-11-8-6-4-2/h22-27,30-32H,3-21,28-29H2,1-2H3. The molecule has 0 spiro atoms. The van der Waals surface area contributed by atoms with Gasteiger partial charge in [-0.3, -0.25) is 0 Å². The summed E-state index contributed by atoms with van der Waals surface area (Å²) in [5, 5.41) is 0. The van der Waals surface area contributed by atoms with E-state index in [0.29, 0.717) is 19.0 Å². The Labute approximate surface area is 261 Å². The van der Waals surface area contributed by atoms with Gasteiger partial charge in [0, 0.05) is 0 Å². The van der Waals surface area contributed by atoms with Crippen LogP contribution in [0.2, 0.25) is 0 Å². The van der Waals surface area contributed by atoms with Gasteiger partial charge in [-0.05, 0) is 73.6 Å². The summed E-state index contributed by atoms with van der Waals surface area (Å²) in [5.41, 5.74) is 0.156. The first-order chi connectivity index (χ1) is 21.1. The van der Waals surface area contributed by atoms with Gasteiger partial charge < -0.3 is 14.2 Å². The van der Waals surface area contributed by atoms with Crippen LogP contribution >= 0.6 is 0 Å². The lowest BCUT2D eigenvalue weighted by Gasteiger charge is -2.31. The molecule has 0 aromatic heterocycles. The number of carbonyl (C=O) groups excluding carboxylic acids is 1. The summed E-state index contributed by atoms with van der Waals surface area (Å²) in [5.74, 6) is 1.94. The summed E-state index contributed by atoms with van der Waals surface area (Å²) in [7, 11) is 0. The van der Waals surface area contributed by atoms with E-state index < -0.39 is 11.8 Å². The van der Waals surface area contributed by atoms with Crippen molar-refractivity contribution in [2.24, 2.45) is 11.8 Å². The molecule has 0 bridgehead atoms. The molecule has 0 radical (unpaired) electrons. The SMILES string of the molecule is CCCCCCCCCOc1ccc(C(=O)Oc2ccc(OCCCC3CCCCC3CCCCCCC)cc2)cc1F. The fourth-order valence-electron chi connectivity index (χ4n) is 6.35. The number of benzene rings is 2. The van der Waals surface area contributed by atoms with Crippen LogP contribution < -0.4 is 14.2 Å². The normalized spacial score (nSPS) is 16.6. The van der Waals surface area contributed by atoms with Crippen LogP contribution in [0.25, 0.3) is 0 Å². The highest BCUT2D eigenvalue weighted by molar-refractivity contribution is 5.91. The van der Waals surface area contributed by atoms with E-state index in [9.17, 15) is 9.18 Å². The molecule has 2 atom stereocenters. The van der Waals surface area contributed by atoms with Gasteiger partial charge in [-0.25, -0.2) is 9.18 Å². The third kappa shape index (κ3) is 13.7. The average Bonchev–Trinajstić information content (AvgIpc) is 3.02. The van der Waals surface area contributed by atoms with Crippen LogP contribution in [0.4, 0.5) is 4.39 Å². The van der Waals surface area contributed by atoms with Crippen LogP contribution in [0.5, 0.6) is 17.2 Å². The molecule has 2 aromatic carbocycles. The maximum absolute atomic E-state index is 14.6. The van der Waals surface area contributed by atoms with Gasteiger partial charge >= 0.3 is 5.97 Å². The number of esters is 1. The lowest BCUT2D eigenvalue weighted by atomic mass is 9.74. The number of hydrogen-bond donors (Lipinski definition) is 0. The summed E-state index contributed by atoms with van der Waals surface area (Å²) in [4.78, 5) is 12.6. The molecule has 0 aliphatic heterocycles. The highest BCUT2D eigenvalue weighted by Gasteiger charge is 2.24. The van der Waals surface area contributed by atoms with Gasteiger partial charge in [0.1, 0.15) is 11.5 Å². The highest BCUT2D eigenvalue weighted by Crippen LogP contribution is 2.36. The molecule has 1 aliphatic rings. The van der Waals surface area contributed by atoms with Crippen LogP contribution in [0.1, 0.15) is 146 Å². The van der Waals surface area contributed by atoms with Crippen molar-refractivity contribution < 1.29 is 23.4 Å².